The molecule has 1 aromatic rings. The molecule has 1 fully saturated rings. The average molecular weight is 423 g/mol. The zero-order valence-electron chi connectivity index (χ0n) is 11.3. The van der Waals surface area contributed by atoms with Gasteiger partial charge in [0, 0.05) is 34.4 Å². The monoisotopic (exact) mass is 421 g/mol. The quantitative estimate of drug-likeness (QED) is 0.722. The van der Waals surface area contributed by atoms with Crippen molar-refractivity contribution in [1.82, 2.24) is 4.90 Å². The highest BCUT2D eigenvalue weighted by Gasteiger charge is 2.28. The van der Waals surface area contributed by atoms with Crippen LogP contribution < -0.4 is 0 Å². The van der Waals surface area contributed by atoms with E-state index in [2.05, 4.69) is 31.9 Å². The zero-order chi connectivity index (χ0) is 14.5. The van der Waals surface area contributed by atoms with Crippen LogP contribution in [-0.4, -0.2) is 48.6 Å². The van der Waals surface area contributed by atoms with Crippen LogP contribution in [0.25, 0.3) is 0 Å². The van der Waals surface area contributed by atoms with E-state index in [4.69, 9.17) is 4.74 Å². The minimum absolute atomic E-state index is 0.0777. The molecule has 1 aliphatic rings. The average Bonchev–Trinajstić information content (AvgIpc) is 2.93. The second kappa shape index (κ2) is 7.82. The lowest BCUT2D eigenvalue weighted by Gasteiger charge is -2.28. The topological polar surface area (TPSA) is 29.5 Å². The summed E-state index contributed by atoms with van der Waals surface area (Å²) in [7, 11) is 1.67. The van der Waals surface area contributed by atoms with E-state index in [9.17, 15) is 4.79 Å². The molecule has 0 radical (unpaired) electrons. The van der Waals surface area contributed by atoms with Gasteiger partial charge in [-0.15, -0.1) is 0 Å². The molecular weight excluding hydrogens is 406 g/mol. The van der Waals surface area contributed by atoms with Gasteiger partial charge in [-0.3, -0.25) is 4.79 Å². The van der Waals surface area contributed by atoms with Crippen molar-refractivity contribution in [2.75, 3.05) is 31.8 Å². The number of benzene rings is 1. The number of halogens is 2. The van der Waals surface area contributed by atoms with Gasteiger partial charge in [-0.25, -0.2) is 0 Å². The van der Waals surface area contributed by atoms with E-state index < -0.39 is 0 Å². The second-order valence-electron chi connectivity index (χ2n) is 4.63. The predicted molar refractivity (Wildman–Crippen MR) is 90.5 cm³/mol. The summed E-state index contributed by atoms with van der Waals surface area (Å²) < 4.78 is 6.93. The molecule has 20 heavy (non-hydrogen) atoms. The van der Waals surface area contributed by atoms with Crippen molar-refractivity contribution >= 4 is 49.5 Å². The molecule has 6 heteroatoms. The van der Waals surface area contributed by atoms with Crippen LogP contribution in [0.2, 0.25) is 0 Å². The highest BCUT2D eigenvalue weighted by molar-refractivity contribution is 9.11. The van der Waals surface area contributed by atoms with Crippen LogP contribution in [0.5, 0.6) is 0 Å². The normalized spacial score (nSPS) is 18.2. The molecule has 1 atom stereocenters. The molecule has 0 bridgehead atoms. The highest BCUT2D eigenvalue weighted by Crippen LogP contribution is 2.27. The summed E-state index contributed by atoms with van der Waals surface area (Å²) in [6, 6.07) is 5.98. The molecule has 0 saturated carbocycles. The van der Waals surface area contributed by atoms with Crippen molar-refractivity contribution < 1.29 is 9.53 Å². The van der Waals surface area contributed by atoms with Crippen molar-refractivity contribution in [3.63, 3.8) is 0 Å². The van der Waals surface area contributed by atoms with Crippen molar-refractivity contribution in [3.05, 3.63) is 32.7 Å². The number of thioether (sulfide) groups is 1. The van der Waals surface area contributed by atoms with Crippen LogP contribution in [-0.2, 0) is 4.74 Å². The van der Waals surface area contributed by atoms with E-state index in [0.717, 1.165) is 26.9 Å². The molecule has 110 valence electrons. The van der Waals surface area contributed by atoms with Gasteiger partial charge in [0.05, 0.1) is 12.2 Å². The van der Waals surface area contributed by atoms with E-state index in [1.807, 2.05) is 34.9 Å². The smallest absolute Gasteiger partial charge is 0.255 e. The number of carbonyl (C=O) groups is 1. The largest absolute Gasteiger partial charge is 0.383 e. The van der Waals surface area contributed by atoms with Gasteiger partial charge in [0.1, 0.15) is 0 Å². The van der Waals surface area contributed by atoms with Gasteiger partial charge in [0.15, 0.2) is 0 Å². The van der Waals surface area contributed by atoms with Crippen molar-refractivity contribution in [2.24, 2.45) is 0 Å². The second-order valence-corrected chi connectivity index (χ2v) is 7.55. The molecule has 1 heterocycles. The maximum Gasteiger partial charge on any atom is 0.255 e. The first-order chi connectivity index (χ1) is 9.63. The third kappa shape index (κ3) is 4.00. The standard InChI is InChI=1S/C14H17Br2NO2S/c1-19-6-5-17(11-4-7-20-9-11)14(18)12-3-2-10(15)8-13(12)16/h2-3,8,11H,4-7,9H2,1H3. The molecule has 2 rings (SSSR count). The molecule has 1 aromatic carbocycles. The molecule has 0 spiro atoms. The number of amides is 1. The van der Waals surface area contributed by atoms with Crippen LogP contribution in [0.4, 0.5) is 0 Å². The minimum Gasteiger partial charge on any atom is -0.383 e. The Labute approximate surface area is 140 Å². The summed E-state index contributed by atoms with van der Waals surface area (Å²) in [6.07, 6.45) is 1.06. The van der Waals surface area contributed by atoms with E-state index in [-0.39, 0.29) is 5.91 Å². The van der Waals surface area contributed by atoms with Gasteiger partial charge < -0.3 is 9.64 Å². The summed E-state index contributed by atoms with van der Waals surface area (Å²) in [5.74, 6) is 2.22. The molecule has 0 aliphatic carbocycles. The van der Waals surface area contributed by atoms with Crippen LogP contribution in [0.3, 0.4) is 0 Å². The van der Waals surface area contributed by atoms with Gasteiger partial charge in [-0.1, -0.05) is 15.9 Å². The van der Waals surface area contributed by atoms with Crippen molar-refractivity contribution in [1.29, 1.82) is 0 Å². The Hall–Kier alpha value is -0.0400. The fourth-order valence-electron chi connectivity index (χ4n) is 2.23. The van der Waals surface area contributed by atoms with Crippen LogP contribution in [0, 0.1) is 0 Å². The lowest BCUT2D eigenvalue weighted by Crippen LogP contribution is -2.42. The maximum atomic E-state index is 12.8. The summed E-state index contributed by atoms with van der Waals surface area (Å²) in [5, 5.41) is 0. The van der Waals surface area contributed by atoms with Gasteiger partial charge >= 0.3 is 0 Å². The molecule has 1 saturated heterocycles. The SMILES string of the molecule is COCCN(C(=O)c1ccc(Br)cc1Br)C1CCSC1. The molecule has 0 aromatic heterocycles. The van der Waals surface area contributed by atoms with E-state index in [1.54, 1.807) is 7.11 Å². The first-order valence-corrected chi connectivity index (χ1v) is 9.20. The van der Waals surface area contributed by atoms with E-state index in [1.165, 1.54) is 0 Å². The fraction of sp³-hybridized carbons (Fsp3) is 0.500. The zero-order valence-corrected chi connectivity index (χ0v) is 15.3. The number of hydrogen-bond acceptors (Lipinski definition) is 3. The maximum absolute atomic E-state index is 12.8. The lowest BCUT2D eigenvalue weighted by atomic mass is 10.1. The summed E-state index contributed by atoms with van der Waals surface area (Å²) >= 11 is 8.80. The van der Waals surface area contributed by atoms with Crippen LogP contribution in [0.15, 0.2) is 27.1 Å². The lowest BCUT2D eigenvalue weighted by molar-refractivity contribution is 0.0624. The summed E-state index contributed by atoms with van der Waals surface area (Å²) in [4.78, 5) is 14.7. The van der Waals surface area contributed by atoms with E-state index in [0.29, 0.717) is 24.8 Å². The Morgan fingerprint density at radius 2 is 2.30 bits per heavy atom. The number of methoxy groups -OCH3 is 1. The van der Waals surface area contributed by atoms with Crippen molar-refractivity contribution in [2.45, 2.75) is 12.5 Å². The fourth-order valence-corrected chi connectivity index (χ4v) is 4.67. The minimum atomic E-state index is 0.0777. The van der Waals surface area contributed by atoms with Gasteiger partial charge in [-0.2, -0.15) is 11.8 Å². The van der Waals surface area contributed by atoms with Gasteiger partial charge in [0.25, 0.3) is 5.91 Å². The molecule has 1 unspecified atom stereocenters. The molecule has 1 aliphatic heterocycles. The Kier molecular flexibility index (Phi) is 6.39. The molecular formula is C14H17Br2NO2S. The Morgan fingerprint density at radius 1 is 1.50 bits per heavy atom. The number of carbonyl (C=O) groups excluding carboxylic acids is 1. The third-order valence-electron chi connectivity index (χ3n) is 3.31. The number of rotatable bonds is 5. The van der Waals surface area contributed by atoms with Crippen LogP contribution >= 0.6 is 43.6 Å². The number of nitrogens with zero attached hydrogens (tertiary/aromatic N) is 1. The van der Waals surface area contributed by atoms with E-state index >= 15 is 0 Å². The van der Waals surface area contributed by atoms with Crippen LogP contribution in [0.1, 0.15) is 16.8 Å². The molecule has 1 amide bonds. The third-order valence-corrected chi connectivity index (χ3v) is 5.60. The van der Waals surface area contributed by atoms with Gasteiger partial charge in [-0.05, 0) is 46.3 Å². The first kappa shape index (κ1) is 16.3. The summed E-state index contributed by atoms with van der Waals surface area (Å²) in [6.45, 7) is 1.21. The Bertz CT molecular complexity index is 478. The highest BCUT2D eigenvalue weighted by atomic mass is 79.9. The molecule has 3 nitrogen and oxygen atoms in total. The number of ether oxygens (including phenoxy) is 1. The Morgan fingerprint density at radius 3 is 2.90 bits per heavy atom. The molecule has 0 N–H and O–H groups in total. The predicted octanol–water partition coefficient (Wildman–Crippen LogP) is 3.81. The van der Waals surface area contributed by atoms with Crippen molar-refractivity contribution in [3.8, 4) is 0 Å². The first-order valence-electron chi connectivity index (χ1n) is 6.46. The summed E-state index contributed by atoms with van der Waals surface area (Å²) in [5.41, 5.74) is 0.709. The van der Waals surface area contributed by atoms with Gasteiger partial charge in [0.2, 0.25) is 0 Å². The Balaban J connectivity index is 2.20. The number of hydrogen-bond donors (Lipinski definition) is 0.